The Morgan fingerprint density at radius 3 is 0.841 bits per heavy atom. The third-order valence-electron chi connectivity index (χ3n) is 9.69. The van der Waals surface area contributed by atoms with E-state index in [0.29, 0.717) is 0 Å². The van der Waals surface area contributed by atoms with E-state index in [0.717, 1.165) is 5.75 Å². The van der Waals surface area contributed by atoms with Gasteiger partial charge >= 0.3 is 0 Å². The molecule has 7 rings (SSSR count). The summed E-state index contributed by atoms with van der Waals surface area (Å²) in [5.41, 5.74) is -14.3. The maximum atomic E-state index is 15.4. The highest BCUT2D eigenvalue weighted by molar-refractivity contribution is 7.91. The fourth-order valence-electron chi connectivity index (χ4n) is 7.14. The number of hydrogen-bond acceptors (Lipinski definition) is 1. The zero-order chi connectivity index (χ0) is 46.9. The Bertz CT molecular complexity index is 2650. The quantitative estimate of drug-likeness (QED) is 0.0403. The van der Waals surface area contributed by atoms with Gasteiger partial charge in [0.15, 0.2) is 86.7 Å². The zero-order valence-electron chi connectivity index (χ0n) is 30.6. The average molecular weight is 934 g/mol. The Hall–Kier alpha value is -6.13. The van der Waals surface area contributed by atoms with Crippen molar-refractivity contribution in [3.63, 3.8) is 0 Å². The number of hydrogen-bond donors (Lipinski definition) is 0. The molecule has 23 heteroatoms. The molecule has 0 unspecified atom stereocenters. The van der Waals surface area contributed by atoms with Crippen molar-refractivity contribution < 1.29 is 92.0 Å². The second kappa shape index (κ2) is 16.9. The Kier molecular flexibility index (Phi) is 12.4. The summed E-state index contributed by atoms with van der Waals surface area (Å²) in [4.78, 5) is 0. The largest absolute Gasteiger partial charge is 0.286 e. The molecule has 0 saturated heterocycles. The maximum Gasteiger partial charge on any atom is 0.200 e. The van der Waals surface area contributed by atoms with Gasteiger partial charge in [-0.05, 0) is 22.2 Å². The van der Waals surface area contributed by atoms with Crippen LogP contribution < -0.4 is 26.0 Å². The minimum Gasteiger partial charge on any atom is -0.286 e. The Balaban J connectivity index is 0.000000302. The first-order valence-corrected chi connectivity index (χ1v) is 18.8. The van der Waals surface area contributed by atoms with Crippen molar-refractivity contribution in [3.05, 3.63) is 171 Å². The molecular formula is C40H15BF20OS. The van der Waals surface area contributed by atoms with Gasteiger partial charge in [0, 0.05) is 5.39 Å². The Morgan fingerprint density at radius 1 is 0.317 bits per heavy atom. The van der Waals surface area contributed by atoms with E-state index in [-0.39, 0.29) is 11.2 Å². The van der Waals surface area contributed by atoms with E-state index < -0.39 is 144 Å². The minimum atomic E-state index is -7.22. The van der Waals surface area contributed by atoms with E-state index in [1.54, 1.807) is 0 Å². The highest BCUT2D eigenvalue weighted by Gasteiger charge is 2.52. The van der Waals surface area contributed by atoms with Crippen molar-refractivity contribution in [3.8, 4) is 5.75 Å². The summed E-state index contributed by atoms with van der Waals surface area (Å²) in [5, 5.41) is 4.97. The van der Waals surface area contributed by atoms with Crippen LogP contribution >= 0.6 is 0 Å². The van der Waals surface area contributed by atoms with Crippen molar-refractivity contribution in [2.45, 2.75) is 0 Å². The molecule has 0 bridgehead atoms. The van der Waals surface area contributed by atoms with Gasteiger partial charge in [-0.3, -0.25) is 4.18 Å². The van der Waals surface area contributed by atoms with Gasteiger partial charge in [0.1, 0.15) is 65.2 Å². The van der Waals surface area contributed by atoms with Gasteiger partial charge in [0.2, 0.25) is 0 Å². The topological polar surface area (TPSA) is 9.23 Å². The predicted molar refractivity (Wildman–Crippen MR) is 191 cm³/mol. The van der Waals surface area contributed by atoms with Gasteiger partial charge in [0.05, 0.1) is 0 Å². The average Bonchev–Trinajstić information content (AvgIpc) is 3.26. The summed E-state index contributed by atoms with van der Waals surface area (Å²) in [7, 11) is 0. The number of halogens is 20. The SMILES string of the molecule is C[S+](C)Oc1cc2ccccc2c2ccccc12.Fc1c(F)c(F)c([B-](c2c(F)c(F)c(F)c(F)c2F)(c2c(F)c(F)c(F)c(F)c2F)c2c(F)c(F)c(F)c(F)c2F)c(F)c1F. The molecule has 0 spiro atoms. The summed E-state index contributed by atoms with van der Waals surface area (Å²) >= 11 is -0.0655. The van der Waals surface area contributed by atoms with E-state index in [2.05, 4.69) is 67.1 Å². The molecule has 0 aliphatic rings. The summed E-state index contributed by atoms with van der Waals surface area (Å²) in [5.74, 6) is -70.4. The van der Waals surface area contributed by atoms with Crippen molar-refractivity contribution in [2.75, 3.05) is 12.5 Å². The standard InChI is InChI=1S/C24BF20.C16H15OS/c26-5-1(6(27)14(35)21(42)13(5)34)25(2-7(28)15(36)22(43)16(37)8(2)29,3-9(30)17(38)23(44)18(39)10(3)31)4-11(32)19(40)24(45)20(41)12(4)33;1-18(2)17-16-11-12-7-3-4-8-13(12)14-9-5-6-10-15(14)16/h;3-11H,1-2H3/q-1;+1. The molecule has 0 aliphatic carbocycles. The minimum absolute atomic E-state index is 0.0655. The molecule has 0 aliphatic heterocycles. The molecule has 7 aromatic carbocycles. The van der Waals surface area contributed by atoms with Crippen molar-refractivity contribution in [1.82, 2.24) is 0 Å². The zero-order valence-corrected chi connectivity index (χ0v) is 31.5. The van der Waals surface area contributed by atoms with Crippen LogP contribution in [-0.2, 0) is 11.2 Å². The second-order valence-electron chi connectivity index (χ2n) is 13.3. The fourth-order valence-corrected chi connectivity index (χ4v) is 7.64. The summed E-state index contributed by atoms with van der Waals surface area (Å²) in [6.45, 7) is 0. The van der Waals surface area contributed by atoms with E-state index in [9.17, 15) is 52.7 Å². The van der Waals surface area contributed by atoms with Crippen LogP contribution in [0.15, 0.2) is 54.6 Å². The van der Waals surface area contributed by atoms with Gasteiger partial charge in [0.25, 0.3) is 0 Å². The number of benzene rings is 7. The smallest absolute Gasteiger partial charge is 0.200 e. The molecule has 0 N–H and O–H groups in total. The lowest BCUT2D eigenvalue weighted by molar-refractivity contribution is 0.378. The molecule has 0 radical (unpaired) electrons. The van der Waals surface area contributed by atoms with Gasteiger partial charge in [-0.25, -0.2) is 87.8 Å². The van der Waals surface area contributed by atoms with Gasteiger partial charge < -0.3 is 0 Å². The lowest BCUT2D eigenvalue weighted by atomic mass is 9.12. The normalized spacial score (nSPS) is 11.8. The molecule has 1 nitrogen and oxygen atoms in total. The maximum absolute atomic E-state index is 15.4. The van der Waals surface area contributed by atoms with Crippen LogP contribution in [0.3, 0.4) is 0 Å². The van der Waals surface area contributed by atoms with E-state index in [4.69, 9.17) is 4.18 Å². The molecule has 7 aromatic rings. The van der Waals surface area contributed by atoms with Crippen LogP contribution in [0.5, 0.6) is 5.75 Å². The Labute approximate surface area is 341 Å². The molecule has 0 heterocycles. The highest BCUT2D eigenvalue weighted by Crippen LogP contribution is 2.35. The van der Waals surface area contributed by atoms with Crippen LogP contribution in [0.2, 0.25) is 0 Å². The first-order valence-electron chi connectivity index (χ1n) is 16.9. The molecular weight excluding hydrogens is 919 g/mol. The van der Waals surface area contributed by atoms with E-state index >= 15 is 35.1 Å². The van der Waals surface area contributed by atoms with Crippen LogP contribution in [0.4, 0.5) is 87.8 Å². The molecule has 0 amide bonds. The lowest BCUT2D eigenvalue weighted by Crippen LogP contribution is -2.81. The first kappa shape index (κ1) is 46.4. The lowest BCUT2D eigenvalue weighted by Gasteiger charge is -2.44. The van der Waals surface area contributed by atoms with Crippen LogP contribution in [-0.4, -0.2) is 18.7 Å². The van der Waals surface area contributed by atoms with Crippen molar-refractivity contribution in [2.24, 2.45) is 0 Å². The second-order valence-corrected chi connectivity index (χ2v) is 14.9. The molecule has 0 atom stereocenters. The Morgan fingerprint density at radius 2 is 0.556 bits per heavy atom. The van der Waals surface area contributed by atoms with Gasteiger partial charge in [-0.1, -0.05) is 48.5 Å². The summed E-state index contributed by atoms with van der Waals surface area (Å²) < 4.78 is 300. The van der Waals surface area contributed by atoms with Crippen LogP contribution in [0.25, 0.3) is 21.5 Å². The van der Waals surface area contributed by atoms with Crippen molar-refractivity contribution in [1.29, 1.82) is 0 Å². The molecule has 0 saturated carbocycles. The van der Waals surface area contributed by atoms with E-state index in [1.807, 2.05) is 0 Å². The number of fused-ring (bicyclic) bond motifs is 3. The monoisotopic (exact) mass is 934 g/mol. The molecule has 63 heavy (non-hydrogen) atoms. The van der Waals surface area contributed by atoms with Crippen molar-refractivity contribution >= 4 is 60.7 Å². The highest BCUT2D eigenvalue weighted by atomic mass is 32.2. The summed E-state index contributed by atoms with van der Waals surface area (Å²) in [6, 6.07) is 19.0. The van der Waals surface area contributed by atoms with Crippen LogP contribution in [0.1, 0.15) is 0 Å². The van der Waals surface area contributed by atoms with Gasteiger partial charge in [-0.2, -0.15) is 0 Å². The molecule has 0 fully saturated rings. The first-order chi connectivity index (χ1) is 29.5. The third-order valence-corrected chi connectivity index (χ3v) is 10.2. The molecule has 330 valence electrons. The number of rotatable bonds is 6. The third kappa shape index (κ3) is 7.03. The van der Waals surface area contributed by atoms with Gasteiger partial charge in [-0.15, -0.1) is 21.9 Å². The fraction of sp³-hybridized carbons (Fsp3) is 0.0500. The van der Waals surface area contributed by atoms with E-state index in [1.165, 1.54) is 21.5 Å². The van der Waals surface area contributed by atoms with Crippen LogP contribution in [0, 0.1) is 116 Å². The summed E-state index contributed by atoms with van der Waals surface area (Å²) in [6.07, 6.45) is -3.04. The molecule has 0 aromatic heterocycles. The predicted octanol–water partition coefficient (Wildman–Crippen LogP) is 10.0.